The Morgan fingerprint density at radius 2 is 2.21 bits per heavy atom. The van der Waals surface area contributed by atoms with Crippen LogP contribution in [0.15, 0.2) is 30.9 Å². The first kappa shape index (κ1) is 10.5. The van der Waals surface area contributed by atoms with Crippen molar-refractivity contribution >= 4 is 0 Å². The summed E-state index contributed by atoms with van der Waals surface area (Å²) < 4.78 is 0. The molecule has 0 fully saturated rings. The molecule has 0 saturated heterocycles. The van der Waals surface area contributed by atoms with Crippen LogP contribution in [0.4, 0.5) is 0 Å². The average molecular weight is 184 g/mol. The number of hydrogen-bond donors (Lipinski definition) is 0. The Morgan fingerprint density at radius 1 is 1.50 bits per heavy atom. The molecule has 1 rings (SSSR count). The summed E-state index contributed by atoms with van der Waals surface area (Å²) in [6.45, 7) is 7.82. The minimum atomic E-state index is 0.723. The molecule has 0 amide bonds. The fourth-order valence-electron chi connectivity index (χ4n) is 1.31. The number of hydrogen-bond acceptors (Lipinski definition) is 1. The van der Waals surface area contributed by atoms with Gasteiger partial charge >= 0.3 is 0 Å². The summed E-state index contributed by atoms with van der Waals surface area (Å²) in [4.78, 5) is 0. The summed E-state index contributed by atoms with van der Waals surface area (Å²) in [7, 11) is 0. The van der Waals surface area contributed by atoms with Crippen molar-refractivity contribution in [3.8, 4) is 6.07 Å². The van der Waals surface area contributed by atoms with Gasteiger partial charge in [0.2, 0.25) is 0 Å². The van der Waals surface area contributed by atoms with Crippen molar-refractivity contribution < 1.29 is 0 Å². The molecule has 1 nitrogen and oxygen atoms in total. The van der Waals surface area contributed by atoms with Gasteiger partial charge in [0.25, 0.3) is 0 Å². The molecule has 1 heteroatoms. The molecule has 0 unspecified atom stereocenters. The SMILES string of the molecule is C=C[C](C)c1cc(C#N)cc(CC)c1. The monoisotopic (exact) mass is 184 g/mol. The molecule has 0 heterocycles. The lowest BCUT2D eigenvalue weighted by Gasteiger charge is -2.08. The average Bonchev–Trinajstić information content (AvgIpc) is 2.27. The summed E-state index contributed by atoms with van der Waals surface area (Å²) in [5, 5.41) is 8.85. The van der Waals surface area contributed by atoms with Crippen LogP contribution >= 0.6 is 0 Å². The maximum Gasteiger partial charge on any atom is 0.0991 e. The van der Waals surface area contributed by atoms with Crippen molar-refractivity contribution in [2.24, 2.45) is 0 Å². The van der Waals surface area contributed by atoms with Crippen LogP contribution in [0.1, 0.15) is 30.5 Å². The predicted molar refractivity (Wildman–Crippen MR) is 58.8 cm³/mol. The van der Waals surface area contributed by atoms with E-state index in [2.05, 4.69) is 25.6 Å². The Balaban J connectivity index is 3.18. The van der Waals surface area contributed by atoms with Gasteiger partial charge in [-0.3, -0.25) is 0 Å². The summed E-state index contributed by atoms with van der Waals surface area (Å²) in [6, 6.07) is 8.11. The summed E-state index contributed by atoms with van der Waals surface area (Å²) in [5.41, 5.74) is 3.01. The zero-order valence-electron chi connectivity index (χ0n) is 8.67. The molecule has 14 heavy (non-hydrogen) atoms. The van der Waals surface area contributed by atoms with Crippen molar-refractivity contribution in [3.05, 3.63) is 53.5 Å². The van der Waals surface area contributed by atoms with Crippen molar-refractivity contribution in [2.75, 3.05) is 0 Å². The Bertz CT molecular complexity index is 371. The number of aryl methyl sites for hydroxylation is 1. The normalized spacial score (nSPS) is 9.86. The molecule has 0 saturated carbocycles. The lowest BCUT2D eigenvalue weighted by atomic mass is 9.96. The fourth-order valence-corrected chi connectivity index (χ4v) is 1.31. The van der Waals surface area contributed by atoms with Gasteiger partial charge in [-0.25, -0.2) is 0 Å². The highest BCUT2D eigenvalue weighted by atomic mass is 14.2. The smallest absolute Gasteiger partial charge is 0.0991 e. The molecule has 0 bridgehead atoms. The first-order valence-corrected chi connectivity index (χ1v) is 4.71. The van der Waals surface area contributed by atoms with Crippen LogP contribution in [-0.4, -0.2) is 0 Å². The molecule has 0 aromatic heterocycles. The number of nitrogens with zero attached hydrogens (tertiary/aromatic N) is 1. The molecule has 71 valence electrons. The van der Waals surface area contributed by atoms with E-state index in [1.54, 1.807) is 0 Å². The quantitative estimate of drug-likeness (QED) is 0.707. The summed E-state index contributed by atoms with van der Waals surface area (Å²) in [5.74, 6) is 1.11. The Kier molecular flexibility index (Phi) is 3.48. The van der Waals surface area contributed by atoms with Gasteiger partial charge in [0.05, 0.1) is 11.6 Å². The Morgan fingerprint density at radius 3 is 2.71 bits per heavy atom. The van der Waals surface area contributed by atoms with E-state index in [-0.39, 0.29) is 0 Å². The molecule has 0 aliphatic rings. The summed E-state index contributed by atoms with van der Waals surface area (Å²) in [6.07, 6.45) is 2.77. The van der Waals surface area contributed by atoms with E-state index < -0.39 is 0 Å². The van der Waals surface area contributed by atoms with Crippen molar-refractivity contribution in [1.82, 2.24) is 0 Å². The Hall–Kier alpha value is -1.55. The van der Waals surface area contributed by atoms with Crippen molar-refractivity contribution in [2.45, 2.75) is 20.3 Å². The van der Waals surface area contributed by atoms with E-state index in [9.17, 15) is 0 Å². The van der Waals surface area contributed by atoms with Crippen LogP contribution < -0.4 is 0 Å². The highest BCUT2D eigenvalue weighted by molar-refractivity contribution is 5.44. The second kappa shape index (κ2) is 4.62. The van der Waals surface area contributed by atoms with Gasteiger partial charge in [0.15, 0.2) is 0 Å². The zero-order chi connectivity index (χ0) is 10.6. The minimum Gasteiger partial charge on any atom is -0.192 e. The standard InChI is InChI=1S/C13H14N/c1-4-10(3)13-7-11(5-2)6-12(8-13)9-14/h4,6-8H,1,5H2,2-3H3. The second-order valence-electron chi connectivity index (χ2n) is 3.27. The lowest BCUT2D eigenvalue weighted by molar-refractivity contribution is 1.12. The van der Waals surface area contributed by atoms with Crippen LogP contribution in [0.5, 0.6) is 0 Å². The molecule has 0 atom stereocenters. The van der Waals surface area contributed by atoms with Crippen LogP contribution in [-0.2, 0) is 6.42 Å². The van der Waals surface area contributed by atoms with Crippen molar-refractivity contribution in [3.63, 3.8) is 0 Å². The van der Waals surface area contributed by atoms with E-state index in [1.807, 2.05) is 25.1 Å². The van der Waals surface area contributed by atoms with Gasteiger partial charge in [0, 0.05) is 5.92 Å². The predicted octanol–water partition coefficient (Wildman–Crippen LogP) is 3.25. The van der Waals surface area contributed by atoms with E-state index in [0.717, 1.165) is 23.5 Å². The fraction of sp³-hybridized carbons (Fsp3) is 0.231. The molecule has 0 aliphatic heterocycles. The first-order valence-electron chi connectivity index (χ1n) is 4.71. The topological polar surface area (TPSA) is 23.8 Å². The maximum absolute atomic E-state index is 8.85. The van der Waals surface area contributed by atoms with Crippen LogP contribution in [0.25, 0.3) is 0 Å². The van der Waals surface area contributed by atoms with E-state index in [0.29, 0.717) is 0 Å². The van der Waals surface area contributed by atoms with E-state index in [4.69, 9.17) is 5.26 Å². The second-order valence-corrected chi connectivity index (χ2v) is 3.27. The lowest BCUT2D eigenvalue weighted by Crippen LogP contribution is -1.93. The first-order chi connectivity index (χ1) is 6.71. The molecule has 1 aromatic rings. The van der Waals surface area contributed by atoms with Gasteiger partial charge in [-0.2, -0.15) is 5.26 Å². The molecular formula is C13H14N. The van der Waals surface area contributed by atoms with Crippen LogP contribution in [0.3, 0.4) is 0 Å². The highest BCUT2D eigenvalue weighted by Gasteiger charge is 2.04. The molecule has 0 aliphatic carbocycles. The maximum atomic E-state index is 8.85. The van der Waals surface area contributed by atoms with Gasteiger partial charge in [-0.15, -0.1) is 6.58 Å². The van der Waals surface area contributed by atoms with Gasteiger partial charge in [0.1, 0.15) is 0 Å². The van der Waals surface area contributed by atoms with Crippen LogP contribution in [0, 0.1) is 17.2 Å². The van der Waals surface area contributed by atoms with Gasteiger partial charge in [-0.05, 0) is 29.7 Å². The highest BCUT2D eigenvalue weighted by Crippen LogP contribution is 2.19. The Labute approximate surface area is 85.7 Å². The van der Waals surface area contributed by atoms with Gasteiger partial charge in [-0.1, -0.05) is 26.0 Å². The van der Waals surface area contributed by atoms with Gasteiger partial charge < -0.3 is 0 Å². The number of allylic oxidation sites excluding steroid dienone is 1. The number of nitriles is 1. The minimum absolute atomic E-state index is 0.723. The van der Waals surface area contributed by atoms with E-state index in [1.165, 1.54) is 5.56 Å². The molecular weight excluding hydrogens is 170 g/mol. The van der Waals surface area contributed by atoms with Crippen molar-refractivity contribution in [1.29, 1.82) is 5.26 Å². The zero-order valence-corrected chi connectivity index (χ0v) is 8.67. The number of benzene rings is 1. The summed E-state index contributed by atoms with van der Waals surface area (Å²) >= 11 is 0. The molecule has 0 N–H and O–H groups in total. The largest absolute Gasteiger partial charge is 0.192 e. The third kappa shape index (κ3) is 2.23. The molecule has 0 spiro atoms. The van der Waals surface area contributed by atoms with E-state index >= 15 is 0 Å². The molecule has 1 radical (unpaired) electrons. The molecule has 1 aromatic carbocycles. The number of rotatable bonds is 3. The third-order valence-corrected chi connectivity index (χ3v) is 2.29. The van der Waals surface area contributed by atoms with Crippen LogP contribution in [0.2, 0.25) is 0 Å². The third-order valence-electron chi connectivity index (χ3n) is 2.29.